The molecular formula is C18H17BrN6O4S. The maximum absolute atomic E-state index is 11.0. The Kier molecular flexibility index (Phi) is 4.82. The molecule has 1 aromatic carbocycles. The van der Waals surface area contributed by atoms with Crippen LogP contribution in [0.4, 0.5) is 10.6 Å². The molecule has 0 unspecified atom stereocenters. The molecule has 1 saturated heterocycles. The van der Waals surface area contributed by atoms with Crippen LogP contribution in [-0.2, 0) is 6.54 Å². The van der Waals surface area contributed by atoms with Crippen LogP contribution in [0.15, 0.2) is 33.0 Å². The molecule has 2 aliphatic heterocycles. The van der Waals surface area contributed by atoms with Gasteiger partial charge in [-0.3, -0.25) is 0 Å². The predicted octanol–water partition coefficient (Wildman–Crippen LogP) is 3.05. The van der Waals surface area contributed by atoms with Gasteiger partial charge < -0.3 is 29.8 Å². The number of fused-ring (bicyclic) bond motifs is 2. The summed E-state index contributed by atoms with van der Waals surface area (Å²) in [5.41, 5.74) is 7.24. The van der Waals surface area contributed by atoms with Crippen molar-refractivity contribution in [1.29, 1.82) is 0 Å². The summed E-state index contributed by atoms with van der Waals surface area (Å²) >= 11 is 5.05. The van der Waals surface area contributed by atoms with E-state index in [4.69, 9.17) is 20.3 Å². The normalized spacial score (nSPS) is 15.6. The van der Waals surface area contributed by atoms with Crippen LogP contribution in [-0.4, -0.2) is 55.5 Å². The zero-order chi connectivity index (χ0) is 20.8. The van der Waals surface area contributed by atoms with Crippen molar-refractivity contribution in [2.45, 2.75) is 23.0 Å². The number of nitrogens with zero attached hydrogens (tertiary/aromatic N) is 5. The molecule has 30 heavy (non-hydrogen) atoms. The molecule has 156 valence electrons. The molecule has 0 atom stereocenters. The highest BCUT2D eigenvalue weighted by atomic mass is 79.9. The Morgan fingerprint density at radius 1 is 1.30 bits per heavy atom. The lowest BCUT2D eigenvalue weighted by molar-refractivity contribution is 0.0764. The topological polar surface area (TPSA) is 129 Å². The fraction of sp³-hybridized carbons (Fsp3) is 0.333. The first kappa shape index (κ1) is 19.2. The molecule has 1 fully saturated rings. The molecule has 0 aliphatic carbocycles. The van der Waals surface area contributed by atoms with Gasteiger partial charge in [0.15, 0.2) is 33.6 Å². The molecular weight excluding hydrogens is 476 g/mol. The number of benzene rings is 1. The minimum Gasteiger partial charge on any atom is -0.465 e. The lowest BCUT2D eigenvalue weighted by Crippen LogP contribution is -2.49. The van der Waals surface area contributed by atoms with Crippen LogP contribution < -0.4 is 15.2 Å². The number of carbonyl (C=O) groups is 1. The van der Waals surface area contributed by atoms with E-state index in [1.165, 1.54) is 23.0 Å². The third-order valence-electron chi connectivity index (χ3n) is 5.14. The number of carboxylic acid groups (broad SMARTS) is 1. The molecule has 2 aromatic heterocycles. The summed E-state index contributed by atoms with van der Waals surface area (Å²) in [6, 6.07) is 3.78. The molecule has 0 radical (unpaired) electrons. The summed E-state index contributed by atoms with van der Waals surface area (Å²) in [5.74, 6) is 2.02. The number of nitrogens with two attached hydrogens (primary N) is 1. The Morgan fingerprint density at radius 2 is 2.07 bits per heavy atom. The number of aromatic nitrogens is 4. The molecule has 12 heteroatoms. The lowest BCUT2D eigenvalue weighted by Gasteiger charge is -2.37. The fourth-order valence-corrected chi connectivity index (χ4v) is 5.02. The van der Waals surface area contributed by atoms with E-state index >= 15 is 0 Å². The quantitative estimate of drug-likeness (QED) is 0.551. The van der Waals surface area contributed by atoms with Crippen molar-refractivity contribution in [3.8, 4) is 11.5 Å². The van der Waals surface area contributed by atoms with Gasteiger partial charge >= 0.3 is 6.09 Å². The molecule has 0 saturated carbocycles. The van der Waals surface area contributed by atoms with Crippen molar-refractivity contribution in [3.05, 3.63) is 22.9 Å². The van der Waals surface area contributed by atoms with Crippen molar-refractivity contribution in [2.75, 3.05) is 25.6 Å². The van der Waals surface area contributed by atoms with Gasteiger partial charge in [-0.1, -0.05) is 11.8 Å². The number of halogens is 1. The second-order valence-corrected chi connectivity index (χ2v) is 8.92. The highest BCUT2D eigenvalue weighted by molar-refractivity contribution is 9.10. The number of nitrogen functional groups attached to an aromatic ring is 1. The average Bonchev–Trinajstić information content (AvgIpc) is 3.25. The van der Waals surface area contributed by atoms with Crippen LogP contribution in [0.5, 0.6) is 11.5 Å². The molecule has 0 bridgehead atoms. The maximum Gasteiger partial charge on any atom is 0.407 e. The molecule has 3 aromatic rings. The Hall–Kier alpha value is -2.73. The number of rotatable bonds is 5. The van der Waals surface area contributed by atoms with E-state index in [1.54, 1.807) is 0 Å². The van der Waals surface area contributed by atoms with Crippen molar-refractivity contribution in [3.63, 3.8) is 0 Å². The molecule has 5 rings (SSSR count). The minimum absolute atomic E-state index is 0.204. The van der Waals surface area contributed by atoms with Crippen LogP contribution in [0.3, 0.4) is 0 Å². The van der Waals surface area contributed by atoms with Crippen molar-refractivity contribution in [1.82, 2.24) is 24.4 Å². The van der Waals surface area contributed by atoms with E-state index in [-0.39, 0.29) is 6.79 Å². The third-order valence-corrected chi connectivity index (χ3v) is 7.11. The Bertz CT molecular complexity index is 1150. The van der Waals surface area contributed by atoms with E-state index in [0.29, 0.717) is 54.0 Å². The van der Waals surface area contributed by atoms with Crippen LogP contribution in [0.25, 0.3) is 11.2 Å². The molecule has 0 spiro atoms. The van der Waals surface area contributed by atoms with E-state index in [1.807, 2.05) is 16.7 Å². The van der Waals surface area contributed by atoms with Gasteiger partial charge in [0.2, 0.25) is 6.79 Å². The van der Waals surface area contributed by atoms with Gasteiger partial charge in [0.25, 0.3) is 0 Å². The summed E-state index contributed by atoms with van der Waals surface area (Å²) in [6.45, 7) is 1.95. The van der Waals surface area contributed by atoms with Crippen molar-refractivity contribution < 1.29 is 19.4 Å². The van der Waals surface area contributed by atoms with Crippen LogP contribution >= 0.6 is 27.7 Å². The largest absolute Gasteiger partial charge is 0.465 e. The zero-order valence-corrected chi connectivity index (χ0v) is 18.0. The number of likely N-dealkylation sites (tertiary alicyclic amines) is 1. The van der Waals surface area contributed by atoms with Crippen LogP contribution in [0, 0.1) is 5.92 Å². The van der Waals surface area contributed by atoms with Crippen LogP contribution in [0.1, 0.15) is 6.42 Å². The van der Waals surface area contributed by atoms with Crippen molar-refractivity contribution in [2.24, 2.45) is 5.92 Å². The van der Waals surface area contributed by atoms with E-state index in [2.05, 4.69) is 30.9 Å². The van der Waals surface area contributed by atoms with E-state index in [9.17, 15) is 4.79 Å². The number of hydrogen-bond donors (Lipinski definition) is 2. The number of aryl methyl sites for hydroxylation is 1. The first-order chi connectivity index (χ1) is 14.5. The van der Waals surface area contributed by atoms with Gasteiger partial charge in [0, 0.05) is 29.0 Å². The van der Waals surface area contributed by atoms with Crippen molar-refractivity contribution >= 4 is 50.8 Å². The number of amides is 1. The maximum atomic E-state index is 11.0. The molecule has 4 heterocycles. The first-order valence-corrected chi connectivity index (χ1v) is 10.8. The lowest BCUT2D eigenvalue weighted by atomic mass is 9.97. The third kappa shape index (κ3) is 3.39. The second kappa shape index (κ2) is 7.51. The molecule has 2 aliphatic rings. The summed E-state index contributed by atoms with van der Waals surface area (Å²) < 4.78 is 13.8. The average molecular weight is 493 g/mol. The summed E-state index contributed by atoms with van der Waals surface area (Å²) in [5, 5.41) is 9.76. The summed E-state index contributed by atoms with van der Waals surface area (Å²) in [4.78, 5) is 26.4. The molecule has 10 nitrogen and oxygen atoms in total. The van der Waals surface area contributed by atoms with Gasteiger partial charge in [-0.05, 0) is 40.4 Å². The monoisotopic (exact) mass is 492 g/mol. The van der Waals surface area contributed by atoms with E-state index in [0.717, 1.165) is 20.9 Å². The highest BCUT2D eigenvalue weighted by Gasteiger charge is 2.30. The minimum atomic E-state index is -0.872. The number of ether oxygens (including phenoxy) is 2. The molecule has 3 N–H and O–H groups in total. The van der Waals surface area contributed by atoms with Gasteiger partial charge in [-0.2, -0.15) is 0 Å². The second-order valence-electron chi connectivity index (χ2n) is 7.06. The SMILES string of the molecule is Nc1ncnc2c1nc(Sc1cc3c(cc1Br)OCO3)n2CCC1CN(C(=O)O)C1. The number of hydrogen-bond acceptors (Lipinski definition) is 8. The van der Waals surface area contributed by atoms with Gasteiger partial charge in [0.05, 0.1) is 0 Å². The standard InChI is InChI=1S/C18H17BrN6O4S/c19-10-3-11-12(29-8-28-11)4-13(10)30-17-23-14-15(20)21-7-22-16(14)25(17)2-1-9-5-24(6-9)18(26)27/h3-4,7,9H,1-2,5-6,8H2,(H,26,27)(H2,20,21,22). The van der Waals surface area contributed by atoms with Gasteiger partial charge in [-0.15, -0.1) is 0 Å². The Morgan fingerprint density at radius 3 is 2.83 bits per heavy atom. The number of imidazole rings is 1. The Labute approximate surface area is 183 Å². The predicted molar refractivity (Wildman–Crippen MR) is 112 cm³/mol. The smallest absolute Gasteiger partial charge is 0.407 e. The van der Waals surface area contributed by atoms with E-state index < -0.39 is 6.09 Å². The van der Waals surface area contributed by atoms with Gasteiger partial charge in [0.1, 0.15) is 6.33 Å². The van der Waals surface area contributed by atoms with Crippen LogP contribution in [0.2, 0.25) is 0 Å². The fourth-order valence-electron chi connectivity index (χ4n) is 3.51. The Balaban J connectivity index is 1.44. The molecule has 1 amide bonds. The zero-order valence-electron chi connectivity index (χ0n) is 15.6. The highest BCUT2D eigenvalue weighted by Crippen LogP contribution is 2.43. The van der Waals surface area contributed by atoms with Gasteiger partial charge in [-0.25, -0.2) is 19.7 Å². The number of anilines is 1. The first-order valence-electron chi connectivity index (χ1n) is 9.21. The summed E-state index contributed by atoms with van der Waals surface area (Å²) in [7, 11) is 0. The summed E-state index contributed by atoms with van der Waals surface area (Å²) in [6.07, 6.45) is 1.37.